The number of hydrogen-bond acceptors (Lipinski definition) is 3. The summed E-state index contributed by atoms with van der Waals surface area (Å²) in [6.45, 7) is 0. The van der Waals surface area contributed by atoms with Crippen molar-refractivity contribution in [3.05, 3.63) is 63.7 Å². The number of hydrogen-bond donors (Lipinski definition) is 2. The molecule has 0 radical (unpaired) electrons. The van der Waals surface area contributed by atoms with E-state index in [0.717, 1.165) is 6.08 Å². The van der Waals surface area contributed by atoms with E-state index in [4.69, 9.17) is 27.2 Å². The highest BCUT2D eigenvalue weighted by atomic mass is 35.5. The molecule has 1 heterocycles. The Morgan fingerprint density at radius 3 is 2.54 bits per heavy atom. The first kappa shape index (κ1) is 21.5. The lowest BCUT2D eigenvalue weighted by Gasteiger charge is -2.27. The summed E-state index contributed by atoms with van der Waals surface area (Å²) < 4.78 is 44.7. The number of alkyl halides is 3. The summed E-state index contributed by atoms with van der Waals surface area (Å²) in [5.41, 5.74) is 5.99. The van der Waals surface area contributed by atoms with Crippen LogP contribution in [0.25, 0.3) is 6.08 Å². The molecule has 0 aromatic heterocycles. The van der Waals surface area contributed by atoms with Crippen molar-refractivity contribution < 1.29 is 27.8 Å². The number of nitrogen functional groups attached to an aromatic ring is 1. The maximum absolute atomic E-state index is 13.2. The van der Waals surface area contributed by atoms with Gasteiger partial charge in [0.15, 0.2) is 0 Å². The van der Waals surface area contributed by atoms with E-state index >= 15 is 0 Å². The van der Waals surface area contributed by atoms with Gasteiger partial charge in [-0.2, -0.15) is 13.2 Å². The summed E-state index contributed by atoms with van der Waals surface area (Å²) >= 11 is 6.00. The molecule has 9 heteroatoms. The Balaban J connectivity index is 0.00000280. The zero-order valence-corrected chi connectivity index (χ0v) is 15.5. The van der Waals surface area contributed by atoms with Crippen LogP contribution < -0.4 is 10.5 Å². The first-order valence-corrected chi connectivity index (χ1v) is 7.92. The monoisotopic (exact) mass is 429 g/mol. The van der Waals surface area contributed by atoms with Crippen LogP contribution in [-0.4, -0.2) is 23.4 Å². The van der Waals surface area contributed by atoms with Gasteiger partial charge in [-0.3, -0.25) is 0 Å². The molecule has 0 saturated carbocycles. The van der Waals surface area contributed by atoms with Crippen molar-refractivity contribution in [3.8, 4) is 17.6 Å². The SMILES string of the molecule is Cl.Nc1cccc(C#Cc2cc(Cl)cc3c2OC(C(F)(F)F)C(C(=O)O)=C3)c1. The zero-order chi connectivity index (χ0) is 19.8. The average Bonchev–Trinajstić information content (AvgIpc) is 2.57. The topological polar surface area (TPSA) is 72.5 Å². The van der Waals surface area contributed by atoms with Crippen molar-refractivity contribution in [3.63, 3.8) is 0 Å². The molecular formula is C19H12Cl2F3NO3. The molecule has 28 heavy (non-hydrogen) atoms. The molecule has 1 unspecified atom stereocenters. The van der Waals surface area contributed by atoms with Crippen molar-refractivity contribution in [2.24, 2.45) is 0 Å². The molecule has 0 fully saturated rings. The molecule has 146 valence electrons. The molecule has 1 aliphatic rings. The van der Waals surface area contributed by atoms with Crippen LogP contribution >= 0.6 is 24.0 Å². The highest BCUT2D eigenvalue weighted by Crippen LogP contribution is 2.40. The molecule has 0 aliphatic carbocycles. The van der Waals surface area contributed by atoms with Gasteiger partial charge in [-0.15, -0.1) is 12.4 Å². The van der Waals surface area contributed by atoms with Crippen LogP contribution in [0.5, 0.6) is 5.75 Å². The van der Waals surface area contributed by atoms with Gasteiger partial charge in [0.1, 0.15) is 5.75 Å². The van der Waals surface area contributed by atoms with Gasteiger partial charge < -0.3 is 15.6 Å². The van der Waals surface area contributed by atoms with Crippen molar-refractivity contribution in [1.82, 2.24) is 0 Å². The fourth-order valence-corrected chi connectivity index (χ4v) is 2.77. The first-order chi connectivity index (χ1) is 12.6. The van der Waals surface area contributed by atoms with E-state index in [2.05, 4.69) is 11.8 Å². The molecule has 0 spiro atoms. The Morgan fingerprint density at radius 1 is 1.21 bits per heavy atom. The van der Waals surface area contributed by atoms with Gasteiger partial charge in [0.25, 0.3) is 0 Å². The summed E-state index contributed by atoms with van der Waals surface area (Å²) in [5.74, 6) is 3.59. The Bertz CT molecular complexity index is 1020. The predicted molar refractivity (Wildman–Crippen MR) is 102 cm³/mol. The number of rotatable bonds is 1. The largest absolute Gasteiger partial charge is 0.478 e. The molecule has 0 saturated heterocycles. The highest BCUT2D eigenvalue weighted by molar-refractivity contribution is 6.31. The van der Waals surface area contributed by atoms with Crippen molar-refractivity contribution in [2.75, 3.05) is 5.73 Å². The normalized spacial score (nSPS) is 15.1. The van der Waals surface area contributed by atoms with E-state index < -0.39 is 23.8 Å². The molecule has 3 rings (SSSR count). The van der Waals surface area contributed by atoms with Crippen LogP contribution in [0, 0.1) is 11.8 Å². The minimum atomic E-state index is -4.90. The lowest BCUT2D eigenvalue weighted by Crippen LogP contribution is -2.40. The number of ether oxygens (including phenoxy) is 1. The third-order valence-electron chi connectivity index (χ3n) is 3.68. The van der Waals surface area contributed by atoms with Gasteiger partial charge in [-0.05, 0) is 36.4 Å². The fraction of sp³-hybridized carbons (Fsp3) is 0.105. The number of halogens is 5. The molecule has 3 N–H and O–H groups in total. The highest BCUT2D eigenvalue weighted by Gasteiger charge is 2.48. The number of carboxylic acid groups (broad SMARTS) is 1. The van der Waals surface area contributed by atoms with E-state index in [1.54, 1.807) is 24.3 Å². The zero-order valence-electron chi connectivity index (χ0n) is 13.9. The second-order valence-corrected chi connectivity index (χ2v) is 6.13. The van der Waals surface area contributed by atoms with Gasteiger partial charge in [0, 0.05) is 21.8 Å². The van der Waals surface area contributed by atoms with Crippen molar-refractivity contribution in [2.45, 2.75) is 12.3 Å². The van der Waals surface area contributed by atoms with E-state index in [1.807, 2.05) is 0 Å². The molecule has 2 aromatic rings. The molecule has 2 aromatic carbocycles. The number of aliphatic carboxylic acids is 1. The van der Waals surface area contributed by atoms with Gasteiger partial charge in [-0.1, -0.05) is 29.5 Å². The lowest BCUT2D eigenvalue weighted by molar-refractivity contribution is -0.187. The van der Waals surface area contributed by atoms with Crippen molar-refractivity contribution >= 4 is 41.7 Å². The Morgan fingerprint density at radius 2 is 1.93 bits per heavy atom. The van der Waals surface area contributed by atoms with E-state index in [0.29, 0.717) is 11.3 Å². The number of carboxylic acids is 1. The average molecular weight is 430 g/mol. The minimum Gasteiger partial charge on any atom is -0.478 e. The molecule has 0 amide bonds. The Labute approximate surface area is 169 Å². The van der Waals surface area contributed by atoms with Gasteiger partial charge >= 0.3 is 12.1 Å². The molecule has 1 aliphatic heterocycles. The maximum atomic E-state index is 13.2. The number of nitrogens with two attached hydrogens (primary N) is 1. The third kappa shape index (κ3) is 4.53. The molecule has 0 bridgehead atoms. The second-order valence-electron chi connectivity index (χ2n) is 5.69. The predicted octanol–water partition coefficient (Wildman–Crippen LogP) is 4.54. The number of carbonyl (C=O) groups is 1. The van der Waals surface area contributed by atoms with Crippen LogP contribution in [0.4, 0.5) is 18.9 Å². The summed E-state index contributed by atoms with van der Waals surface area (Å²) in [6.07, 6.45) is -6.60. The van der Waals surface area contributed by atoms with Crippen LogP contribution in [0.15, 0.2) is 42.0 Å². The van der Waals surface area contributed by atoms with Crippen LogP contribution in [0.2, 0.25) is 5.02 Å². The van der Waals surface area contributed by atoms with Crippen LogP contribution in [-0.2, 0) is 4.79 Å². The number of benzene rings is 2. The van der Waals surface area contributed by atoms with Gasteiger partial charge in [0.05, 0.1) is 11.1 Å². The third-order valence-corrected chi connectivity index (χ3v) is 3.90. The summed E-state index contributed by atoms with van der Waals surface area (Å²) in [7, 11) is 0. The van der Waals surface area contributed by atoms with E-state index in [-0.39, 0.29) is 34.3 Å². The van der Waals surface area contributed by atoms with Gasteiger partial charge in [0.2, 0.25) is 6.10 Å². The van der Waals surface area contributed by atoms with Crippen LogP contribution in [0.1, 0.15) is 16.7 Å². The Hall–Kier alpha value is -2.82. The minimum absolute atomic E-state index is 0. The lowest BCUT2D eigenvalue weighted by atomic mass is 9.98. The molecule has 1 atom stereocenters. The molecule has 4 nitrogen and oxygen atoms in total. The van der Waals surface area contributed by atoms with Crippen molar-refractivity contribution in [1.29, 1.82) is 0 Å². The standard InChI is InChI=1S/C19H11ClF3NO3.ClH/c20-13-7-11(5-4-10-2-1-3-14(24)6-10)16-12(8-13)9-15(18(25)26)17(27-16)19(21,22)23;/h1-3,6-9,17H,24H2,(H,25,26);1H. The maximum Gasteiger partial charge on any atom is 0.430 e. The quantitative estimate of drug-likeness (QED) is 0.515. The Kier molecular flexibility index (Phi) is 6.17. The number of fused-ring (bicyclic) bond motifs is 1. The van der Waals surface area contributed by atoms with Crippen LogP contribution in [0.3, 0.4) is 0 Å². The second kappa shape index (κ2) is 8.05. The first-order valence-electron chi connectivity index (χ1n) is 7.54. The van der Waals surface area contributed by atoms with E-state index in [1.165, 1.54) is 12.1 Å². The summed E-state index contributed by atoms with van der Waals surface area (Å²) in [5, 5.41) is 9.27. The summed E-state index contributed by atoms with van der Waals surface area (Å²) in [4.78, 5) is 11.2. The van der Waals surface area contributed by atoms with Gasteiger partial charge in [-0.25, -0.2) is 4.79 Å². The van der Waals surface area contributed by atoms with E-state index in [9.17, 15) is 18.0 Å². The fourth-order valence-electron chi connectivity index (χ4n) is 2.54. The summed E-state index contributed by atoms with van der Waals surface area (Å²) in [6, 6.07) is 9.31. The number of anilines is 1. The molecular weight excluding hydrogens is 418 g/mol. The smallest absolute Gasteiger partial charge is 0.430 e.